The molecule has 2 aromatic carbocycles. The van der Waals surface area contributed by atoms with Crippen molar-refractivity contribution < 1.29 is 13.9 Å². The molecule has 0 saturated carbocycles. The van der Waals surface area contributed by atoms with Crippen LogP contribution in [-0.2, 0) is 13.1 Å². The lowest BCUT2D eigenvalue weighted by Gasteiger charge is -2.31. The summed E-state index contributed by atoms with van der Waals surface area (Å²) in [7, 11) is 3.33. The highest BCUT2D eigenvalue weighted by atomic mass is 19.1. The molecule has 5 heteroatoms. The second-order valence-electron chi connectivity index (χ2n) is 7.13. The third-order valence-corrected chi connectivity index (χ3v) is 5.32. The molecule has 1 unspecified atom stereocenters. The van der Waals surface area contributed by atoms with Crippen LogP contribution in [0.3, 0.4) is 0 Å². The molecule has 0 radical (unpaired) electrons. The Kier molecular flexibility index (Phi) is 5.35. The predicted octanol–water partition coefficient (Wildman–Crippen LogP) is 4.64. The van der Waals surface area contributed by atoms with Crippen LogP contribution < -0.4 is 9.47 Å². The van der Waals surface area contributed by atoms with Crippen LogP contribution in [0.25, 0.3) is 0 Å². The van der Waals surface area contributed by atoms with Crippen molar-refractivity contribution in [1.82, 2.24) is 9.47 Å². The molecule has 1 aliphatic rings. The molecule has 0 amide bonds. The molecule has 1 atom stereocenters. The maximum Gasteiger partial charge on any atom is 0.123 e. The van der Waals surface area contributed by atoms with Crippen LogP contribution in [0.2, 0.25) is 0 Å². The van der Waals surface area contributed by atoms with Crippen LogP contribution in [0.1, 0.15) is 29.3 Å². The smallest absolute Gasteiger partial charge is 0.123 e. The van der Waals surface area contributed by atoms with Gasteiger partial charge in [0.05, 0.1) is 20.3 Å². The molecular formula is C23H25FN2O2. The summed E-state index contributed by atoms with van der Waals surface area (Å²) < 4.78 is 27.1. The molecule has 1 aliphatic heterocycles. The van der Waals surface area contributed by atoms with Crippen molar-refractivity contribution in [3.8, 4) is 11.5 Å². The first kappa shape index (κ1) is 18.6. The van der Waals surface area contributed by atoms with Crippen molar-refractivity contribution in [2.75, 3.05) is 20.8 Å². The fourth-order valence-corrected chi connectivity index (χ4v) is 4.05. The van der Waals surface area contributed by atoms with Crippen LogP contribution in [-0.4, -0.2) is 30.2 Å². The first-order chi connectivity index (χ1) is 13.7. The van der Waals surface area contributed by atoms with Crippen molar-refractivity contribution >= 4 is 0 Å². The number of aryl methyl sites for hydroxylation is 1. The van der Waals surface area contributed by atoms with E-state index in [-0.39, 0.29) is 11.9 Å². The lowest BCUT2D eigenvalue weighted by molar-refractivity contribution is 0.219. The molecular weight excluding hydrogens is 355 g/mol. The number of rotatable bonds is 5. The van der Waals surface area contributed by atoms with E-state index in [1.165, 1.54) is 11.8 Å². The number of methoxy groups -OCH3 is 2. The Hall–Kier alpha value is -2.79. The van der Waals surface area contributed by atoms with Crippen molar-refractivity contribution in [2.24, 2.45) is 0 Å². The van der Waals surface area contributed by atoms with E-state index < -0.39 is 0 Å². The Bertz CT molecular complexity index is 931. The summed E-state index contributed by atoms with van der Waals surface area (Å²) in [6.07, 6.45) is 3.17. The summed E-state index contributed by atoms with van der Waals surface area (Å²) in [4.78, 5) is 2.40. The molecule has 0 bridgehead atoms. The molecule has 4 nitrogen and oxygen atoms in total. The minimum absolute atomic E-state index is 0.0322. The summed E-state index contributed by atoms with van der Waals surface area (Å²) in [6, 6.07) is 17.2. The van der Waals surface area contributed by atoms with Crippen LogP contribution in [0.4, 0.5) is 4.39 Å². The highest BCUT2D eigenvalue weighted by molar-refractivity contribution is 5.42. The van der Waals surface area contributed by atoms with Gasteiger partial charge in [-0.1, -0.05) is 12.1 Å². The molecule has 0 fully saturated rings. The number of aromatic nitrogens is 1. The van der Waals surface area contributed by atoms with E-state index in [1.807, 2.05) is 12.1 Å². The van der Waals surface area contributed by atoms with Crippen LogP contribution in [0.5, 0.6) is 11.5 Å². The topological polar surface area (TPSA) is 26.6 Å². The number of hydrogen-bond acceptors (Lipinski definition) is 3. The van der Waals surface area contributed by atoms with Gasteiger partial charge in [0.1, 0.15) is 17.3 Å². The zero-order chi connectivity index (χ0) is 19.5. The SMILES string of the molecule is COc1cc(OC)cc(C2c3cccn3CCCN2Cc2cccc(F)c2)c1. The van der Waals surface area contributed by atoms with Gasteiger partial charge >= 0.3 is 0 Å². The van der Waals surface area contributed by atoms with Gasteiger partial charge in [0.15, 0.2) is 0 Å². The molecule has 2 heterocycles. The van der Waals surface area contributed by atoms with E-state index in [0.29, 0.717) is 6.54 Å². The van der Waals surface area contributed by atoms with E-state index in [2.05, 4.69) is 39.9 Å². The van der Waals surface area contributed by atoms with Gasteiger partial charge in [0.25, 0.3) is 0 Å². The minimum atomic E-state index is -0.199. The summed E-state index contributed by atoms with van der Waals surface area (Å²) in [5.41, 5.74) is 3.30. The zero-order valence-corrected chi connectivity index (χ0v) is 16.3. The van der Waals surface area contributed by atoms with Gasteiger partial charge in [-0.05, 0) is 53.9 Å². The molecule has 0 N–H and O–H groups in total. The summed E-state index contributed by atoms with van der Waals surface area (Å²) >= 11 is 0. The average Bonchev–Trinajstić information content (AvgIpc) is 3.09. The van der Waals surface area contributed by atoms with Gasteiger partial charge in [-0.15, -0.1) is 0 Å². The van der Waals surface area contributed by atoms with Crippen LogP contribution in [0, 0.1) is 5.82 Å². The van der Waals surface area contributed by atoms with Gasteiger partial charge in [0.2, 0.25) is 0 Å². The fourth-order valence-electron chi connectivity index (χ4n) is 4.05. The first-order valence-electron chi connectivity index (χ1n) is 9.54. The zero-order valence-electron chi connectivity index (χ0n) is 16.3. The van der Waals surface area contributed by atoms with Gasteiger partial charge in [-0.3, -0.25) is 4.90 Å². The molecule has 0 saturated heterocycles. The summed E-state index contributed by atoms with van der Waals surface area (Å²) in [6.45, 7) is 2.56. The summed E-state index contributed by atoms with van der Waals surface area (Å²) in [5, 5.41) is 0. The molecule has 146 valence electrons. The van der Waals surface area contributed by atoms with Crippen molar-refractivity contribution in [3.05, 3.63) is 83.4 Å². The standard InChI is InChI=1S/C23H25FN2O2/c1-27-20-13-18(14-21(15-20)28-2)23-22-8-4-9-25(22)10-5-11-26(23)16-17-6-3-7-19(24)12-17/h3-4,6-9,12-15,23H,5,10-11,16H2,1-2H3. The Balaban J connectivity index is 1.79. The number of benzene rings is 2. The molecule has 28 heavy (non-hydrogen) atoms. The maximum absolute atomic E-state index is 13.8. The Morgan fingerprint density at radius 2 is 1.75 bits per heavy atom. The van der Waals surface area contributed by atoms with E-state index in [4.69, 9.17) is 9.47 Å². The Morgan fingerprint density at radius 3 is 2.46 bits per heavy atom. The molecule has 1 aromatic heterocycles. The number of nitrogens with zero attached hydrogens (tertiary/aromatic N) is 2. The van der Waals surface area contributed by atoms with E-state index >= 15 is 0 Å². The van der Waals surface area contributed by atoms with Crippen molar-refractivity contribution in [1.29, 1.82) is 0 Å². The molecule has 3 aromatic rings. The first-order valence-corrected chi connectivity index (χ1v) is 9.54. The van der Waals surface area contributed by atoms with Crippen molar-refractivity contribution in [2.45, 2.75) is 25.6 Å². The molecule has 0 spiro atoms. The lowest BCUT2D eigenvalue weighted by atomic mass is 10.00. The highest BCUT2D eigenvalue weighted by Crippen LogP contribution is 2.36. The third-order valence-electron chi connectivity index (χ3n) is 5.32. The van der Waals surface area contributed by atoms with E-state index in [1.54, 1.807) is 26.4 Å². The lowest BCUT2D eigenvalue weighted by Crippen LogP contribution is -2.29. The van der Waals surface area contributed by atoms with Crippen LogP contribution >= 0.6 is 0 Å². The number of ether oxygens (including phenoxy) is 2. The van der Waals surface area contributed by atoms with Gasteiger partial charge in [-0.2, -0.15) is 0 Å². The second kappa shape index (κ2) is 8.07. The highest BCUT2D eigenvalue weighted by Gasteiger charge is 2.28. The van der Waals surface area contributed by atoms with Gasteiger partial charge in [0, 0.05) is 37.6 Å². The largest absolute Gasteiger partial charge is 0.497 e. The minimum Gasteiger partial charge on any atom is -0.497 e. The predicted molar refractivity (Wildman–Crippen MR) is 107 cm³/mol. The molecule has 4 rings (SSSR count). The van der Waals surface area contributed by atoms with E-state index in [0.717, 1.165) is 42.1 Å². The number of hydrogen-bond donors (Lipinski definition) is 0. The maximum atomic E-state index is 13.8. The van der Waals surface area contributed by atoms with Gasteiger partial charge in [-0.25, -0.2) is 4.39 Å². The van der Waals surface area contributed by atoms with Gasteiger partial charge < -0.3 is 14.0 Å². The van der Waals surface area contributed by atoms with Crippen molar-refractivity contribution in [3.63, 3.8) is 0 Å². The molecule has 0 aliphatic carbocycles. The Labute approximate surface area is 165 Å². The number of fused-ring (bicyclic) bond motifs is 1. The van der Waals surface area contributed by atoms with Crippen LogP contribution in [0.15, 0.2) is 60.8 Å². The fraction of sp³-hybridized carbons (Fsp3) is 0.304. The third kappa shape index (κ3) is 3.76. The normalized spacial score (nSPS) is 17.0. The quantitative estimate of drug-likeness (QED) is 0.645. The van der Waals surface area contributed by atoms with E-state index in [9.17, 15) is 4.39 Å². The summed E-state index contributed by atoms with van der Waals surface area (Å²) in [5.74, 6) is 1.33. The monoisotopic (exact) mass is 380 g/mol. The second-order valence-corrected chi connectivity index (χ2v) is 7.13. The number of halogens is 1. The average molecular weight is 380 g/mol. The Morgan fingerprint density at radius 1 is 0.964 bits per heavy atom.